The summed E-state index contributed by atoms with van der Waals surface area (Å²) in [7, 11) is 0. The van der Waals surface area contributed by atoms with E-state index >= 15 is 0 Å². The summed E-state index contributed by atoms with van der Waals surface area (Å²) in [4.78, 5) is 6.10. The molecule has 64 valence electrons. The Morgan fingerprint density at radius 2 is 2.08 bits per heavy atom. The van der Waals surface area contributed by atoms with E-state index in [0.717, 1.165) is 25.2 Å². The van der Waals surface area contributed by atoms with Gasteiger partial charge in [0.2, 0.25) is 0 Å². The molecule has 1 saturated heterocycles. The third-order valence-corrected chi connectivity index (χ3v) is 2.06. The Balaban J connectivity index is 1.98. The monoisotopic (exact) mass is 164 g/mol. The lowest BCUT2D eigenvalue weighted by atomic mass is 10.1. The molecular formula is C9H12N2O. The number of nitrogens with zero attached hydrogens (tertiary/aromatic N) is 2. The van der Waals surface area contributed by atoms with E-state index in [4.69, 9.17) is 0 Å². The highest BCUT2D eigenvalue weighted by Crippen LogP contribution is 2.16. The quantitative estimate of drug-likeness (QED) is 0.658. The van der Waals surface area contributed by atoms with Gasteiger partial charge in [-0.05, 0) is 17.7 Å². The lowest BCUT2D eigenvalue weighted by Crippen LogP contribution is -2.10. The van der Waals surface area contributed by atoms with Crippen molar-refractivity contribution in [3.8, 4) is 0 Å². The molecule has 0 radical (unpaired) electrons. The highest BCUT2D eigenvalue weighted by Gasteiger charge is 2.21. The molecule has 0 aliphatic carbocycles. The second-order valence-corrected chi connectivity index (χ2v) is 3.10. The molecule has 1 aromatic rings. The molecule has 0 aromatic carbocycles. The molecule has 0 bridgehead atoms. The molecule has 0 saturated carbocycles. The maximum absolute atomic E-state index is 9.66. The summed E-state index contributed by atoms with van der Waals surface area (Å²) < 4.78 is 0. The number of rotatable bonds is 3. The molecule has 1 N–H and O–H groups in total. The molecule has 1 aliphatic rings. The summed E-state index contributed by atoms with van der Waals surface area (Å²) in [6.07, 6.45) is 3.07. The second-order valence-electron chi connectivity index (χ2n) is 3.10. The van der Waals surface area contributed by atoms with Gasteiger partial charge in [-0.3, -0.25) is 9.88 Å². The van der Waals surface area contributed by atoms with Crippen LogP contribution in [-0.4, -0.2) is 34.6 Å². The Kier molecular flexibility index (Phi) is 2.06. The lowest BCUT2D eigenvalue weighted by molar-refractivity contribution is 0.156. The fourth-order valence-electron chi connectivity index (χ4n) is 1.19. The fourth-order valence-corrected chi connectivity index (χ4v) is 1.19. The standard InChI is InChI=1S/C9H12N2O/c12-9(7-11-5-6-11)8-1-3-10-4-2-8/h1-4,9,12H,5-7H2. The van der Waals surface area contributed by atoms with Crippen molar-refractivity contribution in [1.82, 2.24) is 9.88 Å². The number of aromatic nitrogens is 1. The smallest absolute Gasteiger partial charge is 0.0918 e. The van der Waals surface area contributed by atoms with Crippen LogP contribution < -0.4 is 0 Å². The van der Waals surface area contributed by atoms with Gasteiger partial charge in [-0.25, -0.2) is 0 Å². The Bertz CT molecular complexity index is 246. The van der Waals surface area contributed by atoms with E-state index in [-0.39, 0.29) is 6.10 Å². The Hall–Kier alpha value is -0.930. The number of pyridine rings is 1. The summed E-state index contributed by atoms with van der Waals surface area (Å²) in [5.74, 6) is 0. The van der Waals surface area contributed by atoms with Crippen LogP contribution in [0, 0.1) is 0 Å². The van der Waals surface area contributed by atoms with Crippen molar-refractivity contribution in [2.45, 2.75) is 6.10 Å². The van der Waals surface area contributed by atoms with Crippen LogP contribution in [0.2, 0.25) is 0 Å². The summed E-state index contributed by atoms with van der Waals surface area (Å²) >= 11 is 0. The molecule has 1 aliphatic heterocycles. The second kappa shape index (κ2) is 3.21. The summed E-state index contributed by atoms with van der Waals surface area (Å²) in [5.41, 5.74) is 0.955. The first kappa shape index (κ1) is 7.71. The Labute approximate surface area is 71.7 Å². The highest BCUT2D eigenvalue weighted by atomic mass is 16.3. The lowest BCUT2D eigenvalue weighted by Gasteiger charge is -2.09. The van der Waals surface area contributed by atoms with E-state index in [0.29, 0.717) is 0 Å². The van der Waals surface area contributed by atoms with E-state index < -0.39 is 0 Å². The van der Waals surface area contributed by atoms with Gasteiger partial charge in [0.25, 0.3) is 0 Å². The molecule has 12 heavy (non-hydrogen) atoms. The first-order valence-electron chi connectivity index (χ1n) is 4.16. The van der Waals surface area contributed by atoms with Crippen LogP contribution in [-0.2, 0) is 0 Å². The topological polar surface area (TPSA) is 36.1 Å². The molecule has 1 atom stereocenters. The molecule has 0 amide bonds. The Morgan fingerprint density at radius 1 is 1.42 bits per heavy atom. The van der Waals surface area contributed by atoms with Crippen LogP contribution in [0.15, 0.2) is 24.5 Å². The van der Waals surface area contributed by atoms with Crippen LogP contribution in [0.5, 0.6) is 0 Å². The maximum atomic E-state index is 9.66. The van der Waals surface area contributed by atoms with E-state index in [1.807, 2.05) is 12.1 Å². The van der Waals surface area contributed by atoms with Crippen LogP contribution in [0.3, 0.4) is 0 Å². The molecule has 1 aromatic heterocycles. The maximum Gasteiger partial charge on any atom is 0.0918 e. The van der Waals surface area contributed by atoms with Gasteiger partial charge in [0.15, 0.2) is 0 Å². The van der Waals surface area contributed by atoms with Crippen molar-refractivity contribution < 1.29 is 5.11 Å². The van der Waals surface area contributed by atoms with Crippen molar-refractivity contribution in [3.63, 3.8) is 0 Å². The zero-order valence-electron chi connectivity index (χ0n) is 6.85. The number of aliphatic hydroxyl groups excluding tert-OH is 1. The molecule has 2 heterocycles. The van der Waals surface area contributed by atoms with Crippen LogP contribution in [0.25, 0.3) is 0 Å². The van der Waals surface area contributed by atoms with Crippen LogP contribution in [0.1, 0.15) is 11.7 Å². The van der Waals surface area contributed by atoms with Crippen LogP contribution in [0.4, 0.5) is 0 Å². The predicted molar refractivity (Wildman–Crippen MR) is 45.6 cm³/mol. The van der Waals surface area contributed by atoms with Crippen LogP contribution >= 0.6 is 0 Å². The molecule has 3 heteroatoms. The predicted octanol–water partition coefficient (Wildman–Crippen LogP) is 0.431. The SMILES string of the molecule is OC(CN1CC1)c1ccncc1. The average Bonchev–Trinajstić information content (AvgIpc) is 2.90. The highest BCUT2D eigenvalue weighted by molar-refractivity contribution is 5.13. The molecule has 2 rings (SSSR count). The summed E-state index contributed by atoms with van der Waals surface area (Å²) in [5, 5.41) is 9.66. The minimum absolute atomic E-state index is 0.351. The minimum Gasteiger partial charge on any atom is -0.387 e. The zero-order chi connectivity index (χ0) is 8.39. The zero-order valence-corrected chi connectivity index (χ0v) is 6.85. The molecule has 0 spiro atoms. The van der Waals surface area contributed by atoms with Gasteiger partial charge in [-0.2, -0.15) is 0 Å². The molecule has 1 fully saturated rings. The van der Waals surface area contributed by atoms with Crippen molar-refractivity contribution in [2.24, 2.45) is 0 Å². The van der Waals surface area contributed by atoms with Gasteiger partial charge >= 0.3 is 0 Å². The minimum atomic E-state index is -0.351. The fraction of sp³-hybridized carbons (Fsp3) is 0.444. The van der Waals surface area contributed by atoms with E-state index in [2.05, 4.69) is 9.88 Å². The van der Waals surface area contributed by atoms with Gasteiger partial charge in [-0.1, -0.05) is 0 Å². The van der Waals surface area contributed by atoms with E-state index in [9.17, 15) is 5.11 Å². The third-order valence-electron chi connectivity index (χ3n) is 2.06. The average molecular weight is 164 g/mol. The van der Waals surface area contributed by atoms with Gasteiger partial charge in [0.1, 0.15) is 0 Å². The summed E-state index contributed by atoms with van der Waals surface area (Å²) in [6.45, 7) is 3.01. The van der Waals surface area contributed by atoms with Crippen molar-refractivity contribution in [3.05, 3.63) is 30.1 Å². The van der Waals surface area contributed by atoms with Crippen molar-refractivity contribution in [2.75, 3.05) is 19.6 Å². The number of hydrogen-bond acceptors (Lipinski definition) is 3. The van der Waals surface area contributed by atoms with E-state index in [1.54, 1.807) is 12.4 Å². The van der Waals surface area contributed by atoms with E-state index in [1.165, 1.54) is 0 Å². The number of β-amino-alcohol motifs (C(OH)–C–C–N with tert-alkyl or cyclic N) is 1. The van der Waals surface area contributed by atoms with Gasteiger partial charge in [-0.15, -0.1) is 0 Å². The largest absolute Gasteiger partial charge is 0.387 e. The first-order chi connectivity index (χ1) is 5.86. The van der Waals surface area contributed by atoms with Crippen molar-refractivity contribution >= 4 is 0 Å². The molecule has 3 nitrogen and oxygen atoms in total. The normalized spacial score (nSPS) is 19.1. The van der Waals surface area contributed by atoms with Gasteiger partial charge in [0, 0.05) is 32.0 Å². The molecular weight excluding hydrogens is 152 g/mol. The third kappa shape index (κ3) is 1.81. The summed E-state index contributed by atoms with van der Waals surface area (Å²) in [6, 6.07) is 3.71. The number of aliphatic hydroxyl groups is 1. The Morgan fingerprint density at radius 3 is 2.67 bits per heavy atom. The van der Waals surface area contributed by atoms with Gasteiger partial charge < -0.3 is 5.11 Å². The molecule has 1 unspecified atom stereocenters. The van der Waals surface area contributed by atoms with Crippen molar-refractivity contribution in [1.29, 1.82) is 0 Å². The van der Waals surface area contributed by atoms with Gasteiger partial charge in [0.05, 0.1) is 6.10 Å². The first-order valence-corrected chi connectivity index (χ1v) is 4.16. The number of hydrogen-bond donors (Lipinski definition) is 1.